The van der Waals surface area contributed by atoms with E-state index in [9.17, 15) is 8.42 Å². The van der Waals surface area contributed by atoms with Crippen molar-refractivity contribution in [3.63, 3.8) is 0 Å². The molecule has 0 aliphatic heterocycles. The second-order valence-electron chi connectivity index (χ2n) is 5.64. The first kappa shape index (κ1) is 18.1. The van der Waals surface area contributed by atoms with Crippen LogP contribution in [0.1, 0.15) is 25.3 Å². The second kappa shape index (κ2) is 7.57. The highest BCUT2D eigenvalue weighted by Crippen LogP contribution is 2.31. The molecule has 0 aromatic heterocycles. The summed E-state index contributed by atoms with van der Waals surface area (Å²) in [5, 5.41) is 0. The third kappa shape index (κ3) is 3.82. The zero-order valence-corrected chi connectivity index (χ0v) is 15.1. The third-order valence-corrected chi connectivity index (χ3v) is 5.72. The van der Waals surface area contributed by atoms with Crippen LogP contribution in [0.25, 0.3) is 0 Å². The molecule has 0 aliphatic rings. The van der Waals surface area contributed by atoms with Crippen molar-refractivity contribution in [2.24, 2.45) is 0 Å². The quantitative estimate of drug-likeness (QED) is 0.778. The number of benzene rings is 2. The number of nitrogen functional groups attached to an aromatic ring is 1. The van der Waals surface area contributed by atoms with Gasteiger partial charge in [-0.3, -0.25) is 4.31 Å². The van der Waals surface area contributed by atoms with Gasteiger partial charge in [0.15, 0.2) is 0 Å². The van der Waals surface area contributed by atoms with Crippen molar-refractivity contribution >= 4 is 21.4 Å². The van der Waals surface area contributed by atoms with Crippen LogP contribution in [0.2, 0.25) is 0 Å². The lowest BCUT2D eigenvalue weighted by atomic mass is 10.1. The van der Waals surface area contributed by atoms with Crippen LogP contribution in [0.5, 0.6) is 5.75 Å². The molecular formula is C18H24N2O3S. The zero-order valence-electron chi connectivity index (χ0n) is 14.3. The molecule has 6 heteroatoms. The van der Waals surface area contributed by atoms with Crippen LogP contribution in [-0.4, -0.2) is 22.6 Å². The van der Waals surface area contributed by atoms with Crippen LogP contribution in [0.4, 0.5) is 11.4 Å². The van der Waals surface area contributed by atoms with Crippen LogP contribution in [0.3, 0.4) is 0 Å². The van der Waals surface area contributed by atoms with Crippen molar-refractivity contribution in [1.82, 2.24) is 0 Å². The summed E-state index contributed by atoms with van der Waals surface area (Å²) < 4.78 is 32.4. The predicted octanol–water partition coefficient (Wildman–Crippen LogP) is 3.45. The molecule has 2 aromatic rings. The van der Waals surface area contributed by atoms with E-state index in [-0.39, 0.29) is 4.90 Å². The Morgan fingerprint density at radius 3 is 2.54 bits per heavy atom. The fourth-order valence-electron chi connectivity index (χ4n) is 2.50. The van der Waals surface area contributed by atoms with E-state index in [2.05, 4.69) is 6.92 Å². The Morgan fingerprint density at radius 1 is 1.17 bits per heavy atom. The normalized spacial score (nSPS) is 11.3. The molecule has 0 spiro atoms. The maximum Gasteiger partial charge on any atom is 0.264 e. The van der Waals surface area contributed by atoms with Gasteiger partial charge in [-0.25, -0.2) is 8.42 Å². The largest absolute Gasteiger partial charge is 0.497 e. The van der Waals surface area contributed by atoms with Gasteiger partial charge in [0, 0.05) is 18.8 Å². The molecule has 0 aliphatic carbocycles. The molecule has 2 aromatic carbocycles. The van der Waals surface area contributed by atoms with Gasteiger partial charge in [0.25, 0.3) is 10.0 Å². The molecule has 24 heavy (non-hydrogen) atoms. The van der Waals surface area contributed by atoms with Gasteiger partial charge < -0.3 is 10.5 Å². The van der Waals surface area contributed by atoms with E-state index in [1.807, 2.05) is 12.1 Å². The van der Waals surface area contributed by atoms with E-state index in [0.29, 0.717) is 17.1 Å². The van der Waals surface area contributed by atoms with Gasteiger partial charge >= 0.3 is 0 Å². The number of methoxy groups -OCH3 is 1. The molecule has 5 nitrogen and oxygen atoms in total. The minimum absolute atomic E-state index is 0.175. The number of nitrogens with zero attached hydrogens (tertiary/aromatic N) is 1. The first-order chi connectivity index (χ1) is 11.4. The number of nitrogens with two attached hydrogens (primary N) is 1. The summed E-state index contributed by atoms with van der Waals surface area (Å²) in [5.74, 6) is 0.625. The zero-order chi connectivity index (χ0) is 17.7. The summed E-state index contributed by atoms with van der Waals surface area (Å²) in [4.78, 5) is 0.175. The predicted molar refractivity (Wildman–Crippen MR) is 98.0 cm³/mol. The Hall–Kier alpha value is -2.21. The van der Waals surface area contributed by atoms with Crippen LogP contribution in [0.15, 0.2) is 47.4 Å². The Morgan fingerprint density at radius 2 is 1.92 bits per heavy atom. The Labute approximate surface area is 144 Å². The minimum atomic E-state index is -3.69. The lowest BCUT2D eigenvalue weighted by molar-refractivity contribution is 0.415. The summed E-state index contributed by atoms with van der Waals surface area (Å²) in [6, 6.07) is 11.9. The van der Waals surface area contributed by atoms with E-state index < -0.39 is 10.0 Å². The van der Waals surface area contributed by atoms with Gasteiger partial charge in [-0.2, -0.15) is 0 Å². The highest BCUT2D eigenvalue weighted by molar-refractivity contribution is 7.92. The van der Waals surface area contributed by atoms with Crippen molar-refractivity contribution in [3.8, 4) is 5.75 Å². The van der Waals surface area contributed by atoms with Crippen LogP contribution >= 0.6 is 0 Å². The molecule has 0 saturated carbocycles. The van der Waals surface area contributed by atoms with Crippen molar-refractivity contribution in [3.05, 3.63) is 48.0 Å². The fraction of sp³-hybridized carbons (Fsp3) is 0.333. The first-order valence-corrected chi connectivity index (χ1v) is 9.35. The Bertz CT molecular complexity index is 804. The first-order valence-electron chi connectivity index (χ1n) is 7.91. The van der Waals surface area contributed by atoms with Crippen LogP contribution < -0.4 is 14.8 Å². The number of hydrogen-bond acceptors (Lipinski definition) is 4. The topological polar surface area (TPSA) is 72.6 Å². The van der Waals surface area contributed by atoms with Gasteiger partial charge in [-0.1, -0.05) is 25.5 Å². The molecule has 0 saturated heterocycles. The summed E-state index contributed by atoms with van der Waals surface area (Å²) in [5.41, 5.74) is 7.76. The van der Waals surface area contributed by atoms with E-state index in [0.717, 1.165) is 24.8 Å². The number of rotatable bonds is 7. The highest BCUT2D eigenvalue weighted by atomic mass is 32.2. The molecule has 0 amide bonds. The second-order valence-corrected chi connectivity index (χ2v) is 7.61. The molecule has 0 fully saturated rings. The van der Waals surface area contributed by atoms with E-state index in [1.54, 1.807) is 38.4 Å². The molecular weight excluding hydrogens is 324 g/mol. The highest BCUT2D eigenvalue weighted by Gasteiger charge is 2.23. The number of sulfonamides is 1. The van der Waals surface area contributed by atoms with Gasteiger partial charge in [0.05, 0.1) is 17.7 Å². The number of unbranched alkanes of at least 4 members (excludes halogenated alkanes) is 1. The van der Waals surface area contributed by atoms with E-state index in [4.69, 9.17) is 10.5 Å². The third-order valence-electron chi connectivity index (χ3n) is 3.95. The maximum absolute atomic E-state index is 12.9. The number of ether oxygens (including phenoxy) is 1. The molecule has 0 heterocycles. The van der Waals surface area contributed by atoms with Gasteiger partial charge in [0.2, 0.25) is 0 Å². The molecule has 0 radical (unpaired) electrons. The van der Waals surface area contributed by atoms with Gasteiger partial charge in [-0.05, 0) is 42.7 Å². The summed E-state index contributed by atoms with van der Waals surface area (Å²) in [7, 11) is -0.564. The van der Waals surface area contributed by atoms with Crippen LogP contribution in [0, 0.1) is 0 Å². The van der Waals surface area contributed by atoms with Crippen molar-refractivity contribution in [1.29, 1.82) is 0 Å². The summed E-state index contributed by atoms with van der Waals surface area (Å²) in [6.07, 6.45) is 2.84. The fourth-order valence-corrected chi connectivity index (χ4v) is 3.79. The smallest absolute Gasteiger partial charge is 0.264 e. The van der Waals surface area contributed by atoms with Gasteiger partial charge in [0.1, 0.15) is 5.75 Å². The molecule has 0 atom stereocenters. The molecule has 130 valence electrons. The average molecular weight is 348 g/mol. The average Bonchev–Trinajstić information content (AvgIpc) is 2.59. The number of aryl methyl sites for hydroxylation is 1. The molecule has 2 rings (SSSR count). The summed E-state index contributed by atoms with van der Waals surface area (Å²) >= 11 is 0. The standard InChI is InChI=1S/C18H24N2O3S/c1-4-5-7-14-10-11-16(23-3)13-18(14)20(2)24(21,22)17-9-6-8-15(19)12-17/h6,8-13H,4-5,7,19H2,1-3H3. The Balaban J connectivity index is 2.48. The maximum atomic E-state index is 12.9. The molecule has 0 unspecified atom stereocenters. The SMILES string of the molecule is CCCCc1ccc(OC)cc1N(C)S(=O)(=O)c1cccc(N)c1. The number of hydrogen-bond donors (Lipinski definition) is 1. The molecule has 2 N–H and O–H groups in total. The van der Waals surface area contributed by atoms with Crippen molar-refractivity contribution in [2.75, 3.05) is 24.2 Å². The number of anilines is 2. The monoisotopic (exact) mass is 348 g/mol. The Kier molecular flexibility index (Phi) is 5.72. The van der Waals surface area contributed by atoms with Crippen molar-refractivity contribution in [2.45, 2.75) is 31.1 Å². The lowest BCUT2D eigenvalue weighted by Crippen LogP contribution is -2.27. The summed E-state index contributed by atoms with van der Waals surface area (Å²) in [6.45, 7) is 2.11. The minimum Gasteiger partial charge on any atom is -0.497 e. The molecule has 0 bridgehead atoms. The lowest BCUT2D eigenvalue weighted by Gasteiger charge is -2.23. The van der Waals surface area contributed by atoms with Crippen molar-refractivity contribution < 1.29 is 13.2 Å². The van der Waals surface area contributed by atoms with E-state index >= 15 is 0 Å². The van der Waals surface area contributed by atoms with Crippen LogP contribution in [-0.2, 0) is 16.4 Å². The van der Waals surface area contributed by atoms with E-state index in [1.165, 1.54) is 10.4 Å². The van der Waals surface area contributed by atoms with Gasteiger partial charge in [-0.15, -0.1) is 0 Å².